The molecule has 0 fully saturated rings. The molecule has 21 heavy (non-hydrogen) atoms. The van der Waals surface area contributed by atoms with Crippen molar-refractivity contribution in [3.8, 4) is 11.3 Å². The number of pyridine rings is 1. The Morgan fingerprint density at radius 2 is 2.00 bits per heavy atom. The van der Waals surface area contributed by atoms with Crippen LogP contribution in [0.3, 0.4) is 0 Å². The van der Waals surface area contributed by atoms with Gasteiger partial charge in [0.25, 0.3) is 5.71 Å². The van der Waals surface area contributed by atoms with Gasteiger partial charge in [0.1, 0.15) is 11.5 Å². The second-order valence-electron chi connectivity index (χ2n) is 4.52. The SMILES string of the molecule is COC(=O)c1cc(C)nc2onc(-c3ccc(F)cc3)c12. The van der Waals surface area contributed by atoms with Crippen molar-refractivity contribution in [3.63, 3.8) is 0 Å². The molecule has 0 aliphatic carbocycles. The number of nitrogens with zero attached hydrogens (tertiary/aromatic N) is 2. The number of aryl methyl sites for hydroxylation is 1. The maximum Gasteiger partial charge on any atom is 0.338 e. The maximum atomic E-state index is 13.0. The molecule has 3 aromatic rings. The number of halogens is 1. The summed E-state index contributed by atoms with van der Waals surface area (Å²) in [6.07, 6.45) is 0. The minimum atomic E-state index is -0.503. The van der Waals surface area contributed by atoms with Crippen molar-refractivity contribution in [2.45, 2.75) is 6.92 Å². The Bertz CT molecular complexity index is 825. The molecule has 2 heterocycles. The number of hydrogen-bond acceptors (Lipinski definition) is 5. The molecule has 3 rings (SSSR count). The Balaban J connectivity index is 2.29. The van der Waals surface area contributed by atoms with E-state index in [0.717, 1.165) is 0 Å². The number of methoxy groups -OCH3 is 1. The second kappa shape index (κ2) is 4.97. The number of fused-ring (bicyclic) bond motifs is 1. The van der Waals surface area contributed by atoms with Gasteiger partial charge in [0, 0.05) is 11.3 Å². The van der Waals surface area contributed by atoms with Crippen molar-refractivity contribution < 1.29 is 18.4 Å². The molecule has 6 heteroatoms. The van der Waals surface area contributed by atoms with E-state index in [0.29, 0.717) is 27.9 Å². The molecule has 0 unspecified atom stereocenters. The summed E-state index contributed by atoms with van der Waals surface area (Å²) in [7, 11) is 1.30. The third-order valence-corrected chi connectivity index (χ3v) is 3.10. The average molecular weight is 286 g/mol. The molecular formula is C15H11FN2O3. The summed E-state index contributed by atoms with van der Waals surface area (Å²) in [6.45, 7) is 1.74. The van der Waals surface area contributed by atoms with Crippen LogP contribution in [-0.4, -0.2) is 23.2 Å². The molecular weight excluding hydrogens is 275 g/mol. The van der Waals surface area contributed by atoms with Gasteiger partial charge in [-0.3, -0.25) is 0 Å². The van der Waals surface area contributed by atoms with Crippen LogP contribution >= 0.6 is 0 Å². The Kier molecular flexibility index (Phi) is 3.13. The highest BCUT2D eigenvalue weighted by atomic mass is 19.1. The van der Waals surface area contributed by atoms with Crippen LogP contribution in [0.25, 0.3) is 22.4 Å². The number of carbonyl (C=O) groups is 1. The quantitative estimate of drug-likeness (QED) is 0.677. The van der Waals surface area contributed by atoms with E-state index in [2.05, 4.69) is 10.1 Å². The van der Waals surface area contributed by atoms with Crippen molar-refractivity contribution in [1.29, 1.82) is 0 Å². The van der Waals surface area contributed by atoms with E-state index in [4.69, 9.17) is 9.26 Å². The van der Waals surface area contributed by atoms with Crippen LogP contribution < -0.4 is 0 Å². The predicted molar refractivity (Wildman–Crippen MR) is 73.3 cm³/mol. The van der Waals surface area contributed by atoms with Crippen molar-refractivity contribution in [2.75, 3.05) is 7.11 Å². The normalized spacial score (nSPS) is 10.8. The topological polar surface area (TPSA) is 65.2 Å². The zero-order valence-corrected chi connectivity index (χ0v) is 11.4. The van der Waals surface area contributed by atoms with Crippen molar-refractivity contribution in [2.24, 2.45) is 0 Å². The van der Waals surface area contributed by atoms with E-state index in [1.807, 2.05) is 0 Å². The van der Waals surface area contributed by atoms with Gasteiger partial charge in [-0.1, -0.05) is 5.16 Å². The molecule has 0 atom stereocenters. The van der Waals surface area contributed by atoms with Gasteiger partial charge in [0.2, 0.25) is 0 Å². The minimum absolute atomic E-state index is 0.245. The monoisotopic (exact) mass is 286 g/mol. The van der Waals surface area contributed by atoms with Gasteiger partial charge in [-0.05, 0) is 37.3 Å². The molecule has 2 aromatic heterocycles. The van der Waals surface area contributed by atoms with Gasteiger partial charge in [0.15, 0.2) is 0 Å². The third-order valence-electron chi connectivity index (χ3n) is 3.10. The Labute approximate surface area is 119 Å². The molecule has 0 aliphatic rings. The number of esters is 1. The zero-order chi connectivity index (χ0) is 15.0. The van der Waals surface area contributed by atoms with E-state index in [-0.39, 0.29) is 11.5 Å². The van der Waals surface area contributed by atoms with Gasteiger partial charge in [0.05, 0.1) is 18.1 Å². The lowest BCUT2D eigenvalue weighted by Gasteiger charge is -2.03. The fourth-order valence-corrected chi connectivity index (χ4v) is 2.15. The number of benzene rings is 1. The molecule has 0 spiro atoms. The number of hydrogen-bond donors (Lipinski definition) is 0. The van der Waals surface area contributed by atoms with Crippen molar-refractivity contribution in [1.82, 2.24) is 10.1 Å². The highest BCUT2D eigenvalue weighted by Crippen LogP contribution is 2.30. The smallest absolute Gasteiger partial charge is 0.338 e. The van der Waals surface area contributed by atoms with E-state index in [1.165, 1.54) is 19.2 Å². The van der Waals surface area contributed by atoms with Gasteiger partial charge in [-0.15, -0.1) is 0 Å². The van der Waals surface area contributed by atoms with E-state index >= 15 is 0 Å². The Morgan fingerprint density at radius 3 is 2.67 bits per heavy atom. The fraction of sp³-hybridized carbons (Fsp3) is 0.133. The summed E-state index contributed by atoms with van der Waals surface area (Å²) in [4.78, 5) is 16.1. The van der Waals surface area contributed by atoms with Crippen LogP contribution in [0.4, 0.5) is 4.39 Å². The third kappa shape index (κ3) is 2.24. The zero-order valence-electron chi connectivity index (χ0n) is 11.4. The van der Waals surface area contributed by atoms with Crippen molar-refractivity contribution in [3.05, 3.63) is 47.4 Å². The number of aromatic nitrogens is 2. The largest absolute Gasteiger partial charge is 0.465 e. The first-order chi connectivity index (χ1) is 10.1. The van der Waals surface area contributed by atoms with Gasteiger partial charge in [-0.25, -0.2) is 14.2 Å². The minimum Gasteiger partial charge on any atom is -0.465 e. The molecule has 0 amide bonds. The van der Waals surface area contributed by atoms with E-state index < -0.39 is 5.97 Å². The van der Waals surface area contributed by atoms with Gasteiger partial charge >= 0.3 is 5.97 Å². The molecule has 5 nitrogen and oxygen atoms in total. The van der Waals surface area contributed by atoms with Crippen LogP contribution in [0.2, 0.25) is 0 Å². The molecule has 0 N–H and O–H groups in total. The molecule has 0 saturated heterocycles. The fourth-order valence-electron chi connectivity index (χ4n) is 2.15. The van der Waals surface area contributed by atoms with Crippen LogP contribution in [-0.2, 0) is 4.74 Å². The lowest BCUT2D eigenvalue weighted by molar-refractivity contribution is 0.0602. The van der Waals surface area contributed by atoms with E-state index in [1.54, 1.807) is 25.1 Å². The predicted octanol–water partition coefficient (Wildman–Crippen LogP) is 3.12. The summed E-state index contributed by atoms with van der Waals surface area (Å²) in [6, 6.07) is 7.37. The first-order valence-corrected chi connectivity index (χ1v) is 6.21. The molecule has 0 bridgehead atoms. The average Bonchev–Trinajstić information content (AvgIpc) is 2.90. The van der Waals surface area contributed by atoms with E-state index in [9.17, 15) is 9.18 Å². The first kappa shape index (κ1) is 13.2. The lowest BCUT2D eigenvalue weighted by atomic mass is 10.0. The first-order valence-electron chi connectivity index (χ1n) is 6.21. The van der Waals surface area contributed by atoms with Gasteiger partial charge < -0.3 is 9.26 Å². The molecule has 106 valence electrons. The highest BCUT2D eigenvalue weighted by molar-refractivity contribution is 6.07. The summed E-state index contributed by atoms with van der Waals surface area (Å²) >= 11 is 0. The summed E-state index contributed by atoms with van der Waals surface area (Å²) in [5.74, 6) is -0.856. The summed E-state index contributed by atoms with van der Waals surface area (Å²) in [5, 5.41) is 4.40. The standard InChI is InChI=1S/C15H11FN2O3/c1-8-7-11(15(19)20-2)12-13(18-21-14(12)17-8)9-3-5-10(16)6-4-9/h3-7H,1-2H3. The lowest BCUT2D eigenvalue weighted by Crippen LogP contribution is -2.03. The summed E-state index contributed by atoms with van der Waals surface area (Å²) < 4.78 is 23.0. The number of rotatable bonds is 2. The Morgan fingerprint density at radius 1 is 1.29 bits per heavy atom. The van der Waals surface area contributed by atoms with Crippen molar-refractivity contribution >= 4 is 17.1 Å². The van der Waals surface area contributed by atoms with Crippen LogP contribution in [0.5, 0.6) is 0 Å². The number of carbonyl (C=O) groups excluding carboxylic acids is 1. The molecule has 1 aromatic carbocycles. The van der Waals surface area contributed by atoms with Crippen LogP contribution in [0.1, 0.15) is 16.1 Å². The summed E-state index contributed by atoms with van der Waals surface area (Å²) in [5.41, 5.74) is 2.24. The highest BCUT2D eigenvalue weighted by Gasteiger charge is 2.21. The van der Waals surface area contributed by atoms with Crippen LogP contribution in [0, 0.1) is 12.7 Å². The van der Waals surface area contributed by atoms with Crippen LogP contribution in [0.15, 0.2) is 34.9 Å². The molecule has 0 aliphatic heterocycles. The van der Waals surface area contributed by atoms with Gasteiger partial charge in [-0.2, -0.15) is 0 Å². The molecule has 0 radical (unpaired) electrons. The number of ether oxygens (including phenoxy) is 1. The molecule has 0 saturated carbocycles. The Hall–Kier alpha value is -2.76. The maximum absolute atomic E-state index is 13.0. The second-order valence-corrected chi connectivity index (χ2v) is 4.52.